The SMILES string of the molecule is c1ccc(CN2CCN(c3cnn4cnnc4c3)CC2)cc1. The maximum Gasteiger partial charge on any atom is 0.179 e. The lowest BCUT2D eigenvalue weighted by molar-refractivity contribution is 0.250. The van der Waals surface area contributed by atoms with Crippen molar-refractivity contribution in [2.24, 2.45) is 0 Å². The Labute approximate surface area is 129 Å². The number of aromatic nitrogens is 4. The van der Waals surface area contributed by atoms with E-state index in [9.17, 15) is 0 Å². The zero-order chi connectivity index (χ0) is 14.8. The van der Waals surface area contributed by atoms with Gasteiger partial charge in [0.1, 0.15) is 6.33 Å². The van der Waals surface area contributed by atoms with Crippen LogP contribution in [0.15, 0.2) is 48.9 Å². The van der Waals surface area contributed by atoms with Gasteiger partial charge in [0, 0.05) is 38.8 Å². The van der Waals surface area contributed by atoms with Crippen LogP contribution in [0.25, 0.3) is 5.65 Å². The first-order valence-corrected chi connectivity index (χ1v) is 7.56. The molecule has 0 unspecified atom stereocenters. The minimum atomic E-state index is 0.796. The molecule has 0 aliphatic carbocycles. The van der Waals surface area contributed by atoms with Crippen molar-refractivity contribution in [3.05, 3.63) is 54.5 Å². The molecular weight excluding hydrogens is 276 g/mol. The van der Waals surface area contributed by atoms with Crippen molar-refractivity contribution in [1.82, 2.24) is 24.7 Å². The summed E-state index contributed by atoms with van der Waals surface area (Å²) in [5.74, 6) is 0. The molecule has 0 atom stereocenters. The van der Waals surface area contributed by atoms with Crippen molar-refractivity contribution in [2.75, 3.05) is 31.1 Å². The van der Waals surface area contributed by atoms with Crippen LogP contribution in [-0.4, -0.2) is 50.9 Å². The predicted octanol–water partition coefficient (Wildman–Crippen LogP) is 1.45. The van der Waals surface area contributed by atoms with E-state index in [2.05, 4.69) is 55.4 Å². The van der Waals surface area contributed by atoms with Gasteiger partial charge in [0.15, 0.2) is 5.65 Å². The summed E-state index contributed by atoms with van der Waals surface area (Å²) in [5.41, 5.74) is 3.30. The third-order valence-electron chi connectivity index (χ3n) is 4.13. The van der Waals surface area contributed by atoms with Gasteiger partial charge in [0.2, 0.25) is 0 Å². The van der Waals surface area contributed by atoms with Crippen LogP contribution in [-0.2, 0) is 6.54 Å². The Hall–Kier alpha value is -2.47. The van der Waals surface area contributed by atoms with Crippen molar-refractivity contribution in [2.45, 2.75) is 6.54 Å². The van der Waals surface area contributed by atoms with Gasteiger partial charge < -0.3 is 4.90 Å². The molecular formula is C16H18N6. The van der Waals surface area contributed by atoms with E-state index in [4.69, 9.17) is 0 Å². The summed E-state index contributed by atoms with van der Waals surface area (Å²) in [7, 11) is 0. The molecule has 1 fully saturated rings. The van der Waals surface area contributed by atoms with Crippen LogP contribution in [0.4, 0.5) is 5.69 Å². The Balaban J connectivity index is 1.41. The maximum atomic E-state index is 4.34. The van der Waals surface area contributed by atoms with Crippen molar-refractivity contribution in [1.29, 1.82) is 0 Å². The summed E-state index contributed by atoms with van der Waals surface area (Å²) >= 11 is 0. The van der Waals surface area contributed by atoms with E-state index in [0.29, 0.717) is 0 Å². The summed E-state index contributed by atoms with van der Waals surface area (Å²) in [6.07, 6.45) is 3.51. The van der Waals surface area contributed by atoms with Crippen molar-refractivity contribution < 1.29 is 0 Å². The van der Waals surface area contributed by atoms with E-state index >= 15 is 0 Å². The minimum Gasteiger partial charge on any atom is -0.368 e. The highest BCUT2D eigenvalue weighted by Crippen LogP contribution is 2.17. The zero-order valence-corrected chi connectivity index (χ0v) is 12.3. The maximum absolute atomic E-state index is 4.34. The minimum absolute atomic E-state index is 0.796. The molecule has 1 saturated heterocycles. The number of benzene rings is 1. The first kappa shape index (κ1) is 13.2. The van der Waals surface area contributed by atoms with Gasteiger partial charge in [-0.3, -0.25) is 4.90 Å². The average Bonchev–Trinajstić information content (AvgIpc) is 3.04. The quantitative estimate of drug-likeness (QED) is 0.732. The molecule has 0 N–H and O–H groups in total. The van der Waals surface area contributed by atoms with Gasteiger partial charge >= 0.3 is 0 Å². The molecule has 4 rings (SSSR count). The highest BCUT2D eigenvalue weighted by Gasteiger charge is 2.18. The Morgan fingerprint density at radius 3 is 2.64 bits per heavy atom. The Kier molecular flexibility index (Phi) is 3.44. The standard InChI is InChI=1S/C16H18N6/c1-2-4-14(5-3-1)12-20-6-8-21(9-7-20)15-10-16-19-17-13-22(16)18-11-15/h1-5,10-11,13H,6-9,12H2. The Morgan fingerprint density at radius 2 is 1.82 bits per heavy atom. The normalized spacial score (nSPS) is 16.3. The largest absolute Gasteiger partial charge is 0.368 e. The fourth-order valence-corrected chi connectivity index (χ4v) is 2.89. The molecule has 0 saturated carbocycles. The highest BCUT2D eigenvalue weighted by molar-refractivity contribution is 5.53. The third kappa shape index (κ3) is 2.65. The Bertz CT molecular complexity index is 745. The molecule has 1 aliphatic heterocycles. The van der Waals surface area contributed by atoms with Crippen LogP contribution >= 0.6 is 0 Å². The molecule has 1 aromatic carbocycles. The number of hydrogen-bond donors (Lipinski definition) is 0. The van der Waals surface area contributed by atoms with Crippen LogP contribution in [0, 0.1) is 0 Å². The van der Waals surface area contributed by atoms with Gasteiger partial charge in [0.25, 0.3) is 0 Å². The summed E-state index contributed by atoms with van der Waals surface area (Å²) in [6.45, 7) is 5.17. The molecule has 0 bridgehead atoms. The summed E-state index contributed by atoms with van der Waals surface area (Å²) in [5, 5.41) is 12.3. The summed E-state index contributed by atoms with van der Waals surface area (Å²) < 4.78 is 1.69. The van der Waals surface area contributed by atoms with Gasteiger partial charge in [-0.15, -0.1) is 10.2 Å². The van der Waals surface area contributed by atoms with Crippen molar-refractivity contribution >= 4 is 11.3 Å². The second kappa shape index (κ2) is 5.73. The van der Waals surface area contributed by atoms with Crippen molar-refractivity contribution in [3.63, 3.8) is 0 Å². The zero-order valence-electron chi connectivity index (χ0n) is 12.3. The van der Waals surface area contributed by atoms with Crippen LogP contribution in [0.1, 0.15) is 5.56 Å². The smallest absolute Gasteiger partial charge is 0.179 e. The highest BCUT2D eigenvalue weighted by atomic mass is 15.3. The number of fused-ring (bicyclic) bond motifs is 1. The number of hydrogen-bond acceptors (Lipinski definition) is 5. The van der Waals surface area contributed by atoms with E-state index in [-0.39, 0.29) is 0 Å². The van der Waals surface area contributed by atoms with Crippen LogP contribution < -0.4 is 4.90 Å². The molecule has 3 heterocycles. The number of anilines is 1. The van der Waals surface area contributed by atoms with Gasteiger partial charge in [-0.05, 0) is 5.56 Å². The van der Waals surface area contributed by atoms with Gasteiger partial charge in [-0.1, -0.05) is 30.3 Å². The number of rotatable bonds is 3. The monoisotopic (exact) mass is 294 g/mol. The predicted molar refractivity (Wildman–Crippen MR) is 84.7 cm³/mol. The van der Waals surface area contributed by atoms with Crippen LogP contribution in [0.3, 0.4) is 0 Å². The molecule has 2 aromatic heterocycles. The second-order valence-electron chi connectivity index (χ2n) is 5.60. The first-order chi connectivity index (χ1) is 10.9. The summed E-state index contributed by atoms with van der Waals surface area (Å²) in [6, 6.07) is 12.7. The molecule has 0 spiro atoms. The second-order valence-corrected chi connectivity index (χ2v) is 5.60. The fraction of sp³-hybridized carbons (Fsp3) is 0.312. The lowest BCUT2D eigenvalue weighted by atomic mass is 10.2. The van der Waals surface area contributed by atoms with Gasteiger partial charge in [-0.25, -0.2) is 4.52 Å². The topological polar surface area (TPSA) is 49.6 Å². The van der Waals surface area contributed by atoms with Crippen LogP contribution in [0.5, 0.6) is 0 Å². The van der Waals surface area contributed by atoms with Crippen LogP contribution in [0.2, 0.25) is 0 Å². The number of nitrogens with zero attached hydrogens (tertiary/aromatic N) is 6. The average molecular weight is 294 g/mol. The lowest BCUT2D eigenvalue weighted by Gasteiger charge is -2.35. The molecule has 3 aromatic rings. The molecule has 0 radical (unpaired) electrons. The Morgan fingerprint density at radius 1 is 1.00 bits per heavy atom. The van der Waals surface area contributed by atoms with E-state index in [0.717, 1.165) is 44.1 Å². The van der Waals surface area contributed by atoms with Crippen molar-refractivity contribution in [3.8, 4) is 0 Å². The van der Waals surface area contributed by atoms with Gasteiger partial charge in [-0.2, -0.15) is 5.10 Å². The molecule has 22 heavy (non-hydrogen) atoms. The van der Waals surface area contributed by atoms with Gasteiger partial charge in [0.05, 0.1) is 11.9 Å². The third-order valence-corrected chi connectivity index (χ3v) is 4.13. The first-order valence-electron chi connectivity index (χ1n) is 7.56. The molecule has 0 amide bonds. The lowest BCUT2D eigenvalue weighted by Crippen LogP contribution is -2.46. The number of piperazine rings is 1. The molecule has 6 nitrogen and oxygen atoms in total. The molecule has 112 valence electrons. The summed E-state index contributed by atoms with van der Waals surface area (Å²) in [4.78, 5) is 4.86. The van der Waals surface area contributed by atoms with E-state index in [1.165, 1.54) is 5.56 Å². The fourth-order valence-electron chi connectivity index (χ4n) is 2.89. The van der Waals surface area contributed by atoms with E-state index in [1.807, 2.05) is 12.3 Å². The molecule has 6 heteroatoms. The van der Waals surface area contributed by atoms with E-state index < -0.39 is 0 Å². The van der Waals surface area contributed by atoms with E-state index in [1.54, 1.807) is 10.8 Å². The molecule has 1 aliphatic rings.